The van der Waals surface area contributed by atoms with Gasteiger partial charge in [0.05, 0.1) is 29.6 Å². The molecule has 41 heavy (non-hydrogen) atoms. The van der Waals surface area contributed by atoms with Crippen LogP contribution in [0.2, 0.25) is 0 Å². The lowest BCUT2D eigenvalue weighted by Gasteiger charge is -2.37. The largest absolute Gasteiger partial charge is 0.416 e. The maximum atomic E-state index is 14.1. The van der Waals surface area contributed by atoms with E-state index in [1.54, 1.807) is 30.3 Å². The van der Waals surface area contributed by atoms with E-state index in [2.05, 4.69) is 15.6 Å². The van der Waals surface area contributed by atoms with Gasteiger partial charge in [0.15, 0.2) is 0 Å². The van der Waals surface area contributed by atoms with Crippen LogP contribution < -0.4 is 10.6 Å². The Labute approximate surface area is 242 Å². The van der Waals surface area contributed by atoms with Crippen molar-refractivity contribution in [2.45, 2.75) is 70.4 Å². The smallest absolute Gasteiger partial charge is 0.342 e. The number of rotatable bonds is 7. The van der Waals surface area contributed by atoms with Crippen molar-refractivity contribution in [3.63, 3.8) is 0 Å². The molecule has 0 radical (unpaired) electrons. The lowest BCUT2D eigenvalue weighted by molar-refractivity contribution is -0.140. The molecule has 4 rings (SSSR count). The van der Waals surface area contributed by atoms with Crippen LogP contribution in [0.1, 0.15) is 51.3 Å². The Morgan fingerprint density at radius 3 is 2.46 bits per heavy atom. The van der Waals surface area contributed by atoms with Gasteiger partial charge in [-0.2, -0.15) is 17.5 Å². The molecule has 0 unspecified atom stereocenters. The number of sulfonamides is 1. The van der Waals surface area contributed by atoms with Crippen LogP contribution in [0.3, 0.4) is 0 Å². The van der Waals surface area contributed by atoms with E-state index in [0.717, 1.165) is 18.4 Å². The Hall–Kier alpha value is -2.55. The van der Waals surface area contributed by atoms with Gasteiger partial charge < -0.3 is 15.5 Å². The number of benzene rings is 1. The minimum absolute atomic E-state index is 0.0903. The number of hydrogen-bond donors (Lipinski definition) is 2. The average Bonchev–Trinajstić information content (AvgIpc) is 3.60. The molecule has 226 valence electrons. The fraction of sp³-hybridized carbons (Fsp3) is 0.593. The minimum atomic E-state index is -4.50. The van der Waals surface area contributed by atoms with E-state index >= 15 is 0 Å². The number of alkyl halides is 3. The van der Waals surface area contributed by atoms with Crippen molar-refractivity contribution >= 4 is 33.2 Å². The standard InChI is InChI=1S/C27H36F3N5O4S2/c1-15(31-5)23(36)33-22(26(2,3)4)25(37)34-11-10-20-21(34)18(13-35(20)41(6,38)39)19-14-40-24(32-19)16-8-7-9-17(12-16)27(28,29)30/h7-9,12,14-15,18,20-22,31H,10-11,13H2,1-6H3,(H,33,36)/t15-,18+,20+,21+,22+/m0/s1. The number of fused-ring (bicyclic) bond motifs is 1. The minimum Gasteiger partial charge on any atom is -0.342 e. The molecule has 2 amide bonds. The SMILES string of the molecule is CN[C@@H](C)C(=O)N[C@H](C(=O)N1CC[C@@H]2[C@H]1[C@@H](c1csc(-c3cccc(C(F)(F)F)c3)n1)CN2S(C)(=O)=O)C(C)(C)C. The number of aromatic nitrogens is 1. The van der Waals surface area contributed by atoms with Gasteiger partial charge in [-0.1, -0.05) is 32.9 Å². The Kier molecular flexibility index (Phi) is 8.63. The van der Waals surface area contributed by atoms with Crippen LogP contribution in [-0.2, 0) is 25.8 Å². The topological polar surface area (TPSA) is 112 Å². The summed E-state index contributed by atoms with van der Waals surface area (Å²) >= 11 is 1.17. The van der Waals surface area contributed by atoms with Crippen molar-refractivity contribution < 1.29 is 31.2 Å². The van der Waals surface area contributed by atoms with Crippen LogP contribution in [0.4, 0.5) is 13.2 Å². The molecule has 2 aromatic rings. The summed E-state index contributed by atoms with van der Waals surface area (Å²) in [6.45, 7) is 7.63. The molecule has 2 aliphatic heterocycles. The van der Waals surface area contributed by atoms with Gasteiger partial charge in [0.2, 0.25) is 21.8 Å². The molecule has 2 saturated heterocycles. The quantitative estimate of drug-likeness (QED) is 0.495. The second-order valence-electron chi connectivity index (χ2n) is 11.8. The first kappa shape index (κ1) is 31.4. The number of halogens is 3. The van der Waals surface area contributed by atoms with Crippen LogP contribution in [0.25, 0.3) is 10.6 Å². The van der Waals surface area contributed by atoms with Crippen LogP contribution in [0.5, 0.6) is 0 Å². The third kappa shape index (κ3) is 6.45. The van der Waals surface area contributed by atoms with Crippen LogP contribution >= 0.6 is 11.3 Å². The van der Waals surface area contributed by atoms with Gasteiger partial charge in [0, 0.05) is 36.0 Å². The van der Waals surface area contributed by atoms with E-state index in [9.17, 15) is 31.2 Å². The van der Waals surface area contributed by atoms with Crippen molar-refractivity contribution in [1.29, 1.82) is 0 Å². The summed E-state index contributed by atoms with van der Waals surface area (Å²) in [6, 6.07) is 2.49. The summed E-state index contributed by atoms with van der Waals surface area (Å²) in [7, 11) is -1.98. The number of likely N-dealkylation sites (tertiary alicyclic amines) is 1. The Bertz CT molecular complexity index is 1410. The molecular weight excluding hydrogens is 579 g/mol. The molecule has 1 aromatic carbocycles. The predicted molar refractivity (Wildman–Crippen MR) is 151 cm³/mol. The van der Waals surface area contributed by atoms with Crippen molar-refractivity contribution in [1.82, 2.24) is 24.8 Å². The van der Waals surface area contributed by atoms with E-state index in [4.69, 9.17) is 0 Å². The highest BCUT2D eigenvalue weighted by Gasteiger charge is 2.55. The summed E-state index contributed by atoms with van der Waals surface area (Å²) in [5.74, 6) is -1.14. The summed E-state index contributed by atoms with van der Waals surface area (Å²) in [6.07, 6.45) is -2.95. The number of amides is 2. The summed E-state index contributed by atoms with van der Waals surface area (Å²) in [4.78, 5) is 33.1. The maximum Gasteiger partial charge on any atom is 0.416 e. The van der Waals surface area contributed by atoms with Crippen molar-refractivity contribution in [3.05, 3.63) is 40.9 Å². The average molecular weight is 616 g/mol. The molecule has 9 nitrogen and oxygen atoms in total. The third-order valence-corrected chi connectivity index (χ3v) is 10.0. The highest BCUT2D eigenvalue weighted by Crippen LogP contribution is 2.44. The van der Waals surface area contributed by atoms with Gasteiger partial charge in [0.1, 0.15) is 11.0 Å². The monoisotopic (exact) mass is 615 g/mol. The summed E-state index contributed by atoms with van der Waals surface area (Å²) < 4.78 is 66.8. The zero-order chi connectivity index (χ0) is 30.5. The molecule has 0 spiro atoms. The first-order chi connectivity index (χ1) is 18.9. The van der Waals surface area contributed by atoms with Crippen LogP contribution in [-0.4, -0.2) is 85.0 Å². The van der Waals surface area contributed by atoms with E-state index in [1.807, 2.05) is 20.8 Å². The molecule has 1 aromatic heterocycles. The lowest BCUT2D eigenvalue weighted by atomic mass is 9.85. The highest BCUT2D eigenvalue weighted by molar-refractivity contribution is 7.88. The second-order valence-corrected chi connectivity index (χ2v) is 14.6. The number of nitrogens with one attached hydrogen (secondary N) is 2. The van der Waals surface area contributed by atoms with Crippen LogP contribution in [0.15, 0.2) is 29.6 Å². The van der Waals surface area contributed by atoms with Crippen molar-refractivity contribution in [3.8, 4) is 10.6 Å². The van der Waals surface area contributed by atoms with Gasteiger partial charge in [-0.15, -0.1) is 11.3 Å². The molecule has 2 aliphatic rings. The Morgan fingerprint density at radius 1 is 1.20 bits per heavy atom. The normalized spacial score (nSPS) is 23.3. The summed E-state index contributed by atoms with van der Waals surface area (Å²) in [5.41, 5.74) is -0.603. The van der Waals surface area contributed by atoms with E-state index in [-0.39, 0.29) is 18.4 Å². The first-order valence-electron chi connectivity index (χ1n) is 13.3. The molecule has 3 heterocycles. The number of carbonyl (C=O) groups is 2. The molecule has 2 fully saturated rings. The van der Waals surface area contributed by atoms with Gasteiger partial charge in [-0.25, -0.2) is 13.4 Å². The van der Waals surface area contributed by atoms with E-state index in [0.29, 0.717) is 29.2 Å². The van der Waals surface area contributed by atoms with Crippen molar-refractivity contribution in [2.75, 3.05) is 26.4 Å². The zero-order valence-electron chi connectivity index (χ0n) is 23.8. The molecule has 0 bridgehead atoms. The fourth-order valence-electron chi connectivity index (χ4n) is 5.57. The van der Waals surface area contributed by atoms with Gasteiger partial charge in [0.25, 0.3) is 0 Å². The van der Waals surface area contributed by atoms with E-state index < -0.39 is 57.3 Å². The number of carbonyl (C=O) groups excluding carboxylic acids is 2. The molecule has 0 aliphatic carbocycles. The number of nitrogens with zero attached hydrogens (tertiary/aromatic N) is 3. The van der Waals surface area contributed by atoms with Crippen molar-refractivity contribution in [2.24, 2.45) is 5.41 Å². The number of hydrogen-bond acceptors (Lipinski definition) is 7. The maximum absolute atomic E-state index is 14.1. The molecule has 5 atom stereocenters. The van der Waals surface area contributed by atoms with Gasteiger partial charge in [-0.3, -0.25) is 9.59 Å². The molecular formula is C27H36F3N5O4S2. The predicted octanol–water partition coefficient (Wildman–Crippen LogP) is 3.30. The molecule has 2 N–H and O–H groups in total. The third-order valence-electron chi connectivity index (χ3n) is 7.85. The molecule has 14 heteroatoms. The first-order valence-corrected chi connectivity index (χ1v) is 16.0. The number of thiazole rings is 1. The Morgan fingerprint density at radius 2 is 1.88 bits per heavy atom. The van der Waals surface area contributed by atoms with Gasteiger partial charge >= 0.3 is 6.18 Å². The van der Waals surface area contributed by atoms with E-state index in [1.165, 1.54) is 21.7 Å². The fourth-order valence-corrected chi connectivity index (χ4v) is 7.61. The Balaban J connectivity index is 1.69. The number of likely N-dealkylation sites (N-methyl/N-ethyl adjacent to an activating group) is 1. The molecule has 0 saturated carbocycles. The van der Waals surface area contributed by atoms with Crippen LogP contribution in [0, 0.1) is 5.41 Å². The van der Waals surface area contributed by atoms with Gasteiger partial charge in [-0.05, 0) is 37.9 Å². The second kappa shape index (κ2) is 11.3. The lowest BCUT2D eigenvalue weighted by Crippen LogP contribution is -2.59. The zero-order valence-corrected chi connectivity index (χ0v) is 25.5. The highest BCUT2D eigenvalue weighted by atomic mass is 32.2. The summed E-state index contributed by atoms with van der Waals surface area (Å²) in [5, 5.41) is 7.84.